The molecule has 0 aromatic carbocycles. The molecule has 0 unspecified atom stereocenters. The van der Waals surface area contributed by atoms with Crippen molar-refractivity contribution in [2.75, 3.05) is 14.1 Å². The first kappa shape index (κ1) is 17.6. The molecule has 0 aliphatic heterocycles. The normalized spacial score (nSPS) is 11.7. The van der Waals surface area contributed by atoms with Crippen molar-refractivity contribution in [3.63, 3.8) is 0 Å². The van der Waals surface area contributed by atoms with E-state index in [0.717, 1.165) is 15.3 Å². The van der Waals surface area contributed by atoms with Crippen molar-refractivity contribution >= 4 is 27.5 Å². The lowest BCUT2D eigenvalue weighted by molar-refractivity contribution is -0.148. The van der Waals surface area contributed by atoms with E-state index in [2.05, 4.69) is 4.98 Å². The van der Waals surface area contributed by atoms with Crippen molar-refractivity contribution in [3.05, 3.63) is 26.6 Å². The summed E-state index contributed by atoms with van der Waals surface area (Å²) >= 11 is 1.51. The van der Waals surface area contributed by atoms with Crippen LogP contribution in [-0.4, -0.2) is 40.6 Å². The molecule has 0 atom stereocenters. The third kappa shape index (κ3) is 3.79. The van der Waals surface area contributed by atoms with Crippen molar-refractivity contribution < 1.29 is 9.53 Å². The third-order valence-electron chi connectivity index (χ3n) is 3.48. The number of rotatable bonds is 5. The molecule has 0 amide bonds. The molecule has 0 bridgehead atoms. The van der Waals surface area contributed by atoms with Gasteiger partial charge in [-0.05, 0) is 47.4 Å². The summed E-state index contributed by atoms with van der Waals surface area (Å²) < 4.78 is 6.62. The van der Waals surface area contributed by atoms with Gasteiger partial charge in [0, 0.05) is 4.88 Å². The van der Waals surface area contributed by atoms with Gasteiger partial charge in [0.05, 0.1) is 18.0 Å². The molecule has 0 aliphatic carbocycles. The number of nitrogens with zero attached hydrogens (tertiary/aromatic N) is 3. The second-order valence-corrected chi connectivity index (χ2v) is 7.36. The van der Waals surface area contributed by atoms with E-state index in [0.29, 0.717) is 17.8 Å². The number of thiophene rings is 1. The van der Waals surface area contributed by atoms with Crippen LogP contribution >= 0.6 is 11.3 Å². The summed E-state index contributed by atoms with van der Waals surface area (Å²) in [6, 6.07) is 0. The van der Waals surface area contributed by atoms with Gasteiger partial charge >= 0.3 is 5.97 Å². The smallest absolute Gasteiger partial charge is 0.326 e. The number of aromatic nitrogens is 2. The number of carbonyl (C=O) groups is 1. The Labute approximate surface area is 139 Å². The first-order valence-electron chi connectivity index (χ1n) is 7.54. The van der Waals surface area contributed by atoms with Gasteiger partial charge in [0.15, 0.2) is 0 Å². The lowest BCUT2D eigenvalue weighted by atomic mass is 10.2. The van der Waals surface area contributed by atoms with E-state index in [1.165, 1.54) is 15.9 Å². The molecule has 0 radical (unpaired) electrons. The van der Waals surface area contributed by atoms with Crippen molar-refractivity contribution in [1.29, 1.82) is 0 Å². The molecule has 2 aromatic heterocycles. The van der Waals surface area contributed by atoms with E-state index in [4.69, 9.17) is 4.74 Å². The fourth-order valence-electron chi connectivity index (χ4n) is 2.37. The first-order chi connectivity index (χ1) is 10.7. The van der Waals surface area contributed by atoms with Crippen molar-refractivity contribution in [2.45, 2.75) is 46.9 Å². The van der Waals surface area contributed by atoms with Gasteiger partial charge in [-0.3, -0.25) is 14.2 Å². The summed E-state index contributed by atoms with van der Waals surface area (Å²) in [4.78, 5) is 33.3. The Balaban J connectivity index is 2.58. The quantitative estimate of drug-likeness (QED) is 0.782. The predicted octanol–water partition coefficient (Wildman–Crippen LogP) is 2.09. The molecule has 23 heavy (non-hydrogen) atoms. The highest BCUT2D eigenvalue weighted by Crippen LogP contribution is 2.26. The molecule has 0 saturated heterocycles. The Hall–Kier alpha value is -1.73. The second kappa shape index (κ2) is 6.80. The minimum atomic E-state index is -0.423. The monoisotopic (exact) mass is 337 g/mol. The number of aryl methyl sites for hydroxylation is 2. The van der Waals surface area contributed by atoms with Crippen LogP contribution in [0, 0.1) is 13.8 Å². The van der Waals surface area contributed by atoms with Crippen LogP contribution in [-0.2, 0) is 22.6 Å². The van der Waals surface area contributed by atoms with Crippen molar-refractivity contribution in [3.8, 4) is 0 Å². The summed E-state index contributed by atoms with van der Waals surface area (Å²) in [6.45, 7) is 7.84. The van der Waals surface area contributed by atoms with Crippen LogP contribution in [0.25, 0.3) is 10.2 Å². The van der Waals surface area contributed by atoms with E-state index < -0.39 is 5.97 Å². The fourth-order valence-corrected chi connectivity index (χ4v) is 3.40. The van der Waals surface area contributed by atoms with Crippen molar-refractivity contribution in [1.82, 2.24) is 14.5 Å². The highest BCUT2D eigenvalue weighted by molar-refractivity contribution is 7.18. The third-order valence-corrected chi connectivity index (χ3v) is 4.58. The number of esters is 1. The fraction of sp³-hybridized carbons (Fsp3) is 0.562. The molecule has 2 aromatic rings. The molecule has 0 aliphatic rings. The summed E-state index contributed by atoms with van der Waals surface area (Å²) in [5, 5.41) is 0.604. The number of ether oxygens (including phenoxy) is 1. The SMILES string of the molecule is Cc1sc2nc(CN(C)C)n(CC(=O)OC(C)C)c(=O)c2c1C. The van der Waals surface area contributed by atoms with Crippen LogP contribution in [0.1, 0.15) is 30.1 Å². The van der Waals surface area contributed by atoms with Crippen LogP contribution in [0.4, 0.5) is 0 Å². The summed E-state index contributed by atoms with van der Waals surface area (Å²) in [5.74, 6) is 0.155. The highest BCUT2D eigenvalue weighted by atomic mass is 32.1. The Morgan fingerprint density at radius 2 is 2.00 bits per heavy atom. The van der Waals surface area contributed by atoms with Gasteiger partial charge < -0.3 is 9.64 Å². The molecule has 0 N–H and O–H groups in total. The molecular weight excluding hydrogens is 314 g/mol. The van der Waals surface area contributed by atoms with Gasteiger partial charge in [0.2, 0.25) is 0 Å². The average molecular weight is 337 g/mol. The molecular formula is C16H23N3O3S. The Morgan fingerprint density at radius 1 is 1.35 bits per heavy atom. The lowest BCUT2D eigenvalue weighted by Crippen LogP contribution is -2.32. The topological polar surface area (TPSA) is 64.4 Å². The molecule has 2 heterocycles. The summed E-state index contributed by atoms with van der Waals surface area (Å²) in [5.41, 5.74) is 0.763. The molecule has 0 saturated carbocycles. The van der Waals surface area contributed by atoms with Gasteiger partial charge in [0.25, 0.3) is 5.56 Å². The zero-order valence-electron chi connectivity index (χ0n) is 14.5. The maximum absolute atomic E-state index is 12.9. The van der Waals surface area contributed by atoms with Crippen LogP contribution in [0.15, 0.2) is 4.79 Å². The number of fused-ring (bicyclic) bond motifs is 1. The summed E-state index contributed by atoms with van der Waals surface area (Å²) in [7, 11) is 3.80. The van der Waals surface area contributed by atoms with Gasteiger partial charge in [-0.25, -0.2) is 4.98 Å². The Morgan fingerprint density at radius 3 is 2.57 bits per heavy atom. The zero-order valence-corrected chi connectivity index (χ0v) is 15.3. The molecule has 7 heteroatoms. The predicted molar refractivity (Wildman–Crippen MR) is 92.0 cm³/mol. The summed E-state index contributed by atoms with van der Waals surface area (Å²) in [6.07, 6.45) is -0.211. The highest BCUT2D eigenvalue weighted by Gasteiger charge is 2.19. The molecule has 6 nitrogen and oxygen atoms in total. The van der Waals surface area contributed by atoms with Crippen LogP contribution < -0.4 is 5.56 Å². The van der Waals surface area contributed by atoms with Gasteiger partial charge in [-0.1, -0.05) is 0 Å². The van der Waals surface area contributed by atoms with Crippen LogP contribution in [0.3, 0.4) is 0 Å². The second-order valence-electron chi connectivity index (χ2n) is 6.16. The first-order valence-corrected chi connectivity index (χ1v) is 8.36. The minimum absolute atomic E-state index is 0.114. The molecule has 2 rings (SSSR count). The number of hydrogen-bond acceptors (Lipinski definition) is 6. The van der Waals surface area contributed by atoms with E-state index in [9.17, 15) is 9.59 Å². The maximum atomic E-state index is 12.9. The average Bonchev–Trinajstić information content (AvgIpc) is 2.68. The van der Waals surface area contributed by atoms with Crippen LogP contribution in [0.2, 0.25) is 0 Å². The zero-order chi connectivity index (χ0) is 17.3. The maximum Gasteiger partial charge on any atom is 0.326 e. The number of hydrogen-bond donors (Lipinski definition) is 0. The van der Waals surface area contributed by atoms with Crippen LogP contribution in [0.5, 0.6) is 0 Å². The van der Waals surface area contributed by atoms with Gasteiger partial charge in [-0.2, -0.15) is 0 Å². The Bertz CT molecular complexity index is 790. The van der Waals surface area contributed by atoms with E-state index in [-0.39, 0.29) is 18.2 Å². The standard InChI is InChI=1S/C16H23N3O3S/c1-9(2)22-13(20)8-19-12(7-18(5)6)17-15-14(16(19)21)10(3)11(4)23-15/h9H,7-8H2,1-6H3. The number of carbonyl (C=O) groups excluding carboxylic acids is 1. The molecule has 0 fully saturated rings. The largest absolute Gasteiger partial charge is 0.462 e. The van der Waals surface area contributed by atoms with Gasteiger partial charge in [0.1, 0.15) is 17.2 Å². The molecule has 0 spiro atoms. The minimum Gasteiger partial charge on any atom is -0.462 e. The van der Waals surface area contributed by atoms with E-state index >= 15 is 0 Å². The van der Waals surface area contributed by atoms with Gasteiger partial charge in [-0.15, -0.1) is 11.3 Å². The lowest BCUT2D eigenvalue weighted by Gasteiger charge is -2.16. The van der Waals surface area contributed by atoms with Crippen molar-refractivity contribution in [2.24, 2.45) is 0 Å². The van der Waals surface area contributed by atoms with E-state index in [1.807, 2.05) is 32.8 Å². The molecule has 126 valence electrons. The van der Waals surface area contributed by atoms with E-state index in [1.54, 1.807) is 13.8 Å². The Kier molecular flexibility index (Phi) is 5.21.